The van der Waals surface area contributed by atoms with Gasteiger partial charge in [0.1, 0.15) is 5.75 Å². The lowest BCUT2D eigenvalue weighted by Crippen LogP contribution is -2.34. The van der Waals surface area contributed by atoms with Crippen LogP contribution in [0, 0.1) is 0 Å². The molecule has 0 heterocycles. The second kappa shape index (κ2) is 8.03. The van der Waals surface area contributed by atoms with E-state index in [9.17, 15) is 4.79 Å². The number of rotatable bonds is 7. The molecule has 2 rings (SSSR count). The first-order valence-electron chi connectivity index (χ1n) is 7.93. The normalized spacial score (nSPS) is 16.7. The number of ether oxygens (including phenoxy) is 1. The van der Waals surface area contributed by atoms with Crippen molar-refractivity contribution in [2.45, 2.75) is 51.2 Å². The zero-order valence-electron chi connectivity index (χ0n) is 13.0. The molecule has 1 aromatic carbocycles. The third-order valence-electron chi connectivity index (χ3n) is 3.97. The molecule has 4 nitrogen and oxygen atoms in total. The lowest BCUT2D eigenvalue weighted by atomic mass is 10.0. The second-order valence-corrected chi connectivity index (χ2v) is 5.65. The molecule has 0 spiro atoms. The minimum atomic E-state index is 0.0237. The fourth-order valence-corrected chi connectivity index (χ4v) is 2.80. The average molecular weight is 290 g/mol. The van der Waals surface area contributed by atoms with Gasteiger partial charge in [-0.25, -0.2) is 0 Å². The monoisotopic (exact) mass is 290 g/mol. The van der Waals surface area contributed by atoms with Crippen LogP contribution in [0.25, 0.3) is 0 Å². The van der Waals surface area contributed by atoms with Crippen molar-refractivity contribution < 1.29 is 9.53 Å². The summed E-state index contributed by atoms with van der Waals surface area (Å²) < 4.78 is 5.97. The minimum absolute atomic E-state index is 0.0237. The first-order chi connectivity index (χ1) is 10.2. The molecular weight excluding hydrogens is 264 g/mol. The van der Waals surface area contributed by atoms with E-state index in [1.165, 1.54) is 25.7 Å². The van der Waals surface area contributed by atoms with Crippen LogP contribution in [0.5, 0.6) is 5.75 Å². The van der Waals surface area contributed by atoms with Crippen molar-refractivity contribution in [1.82, 2.24) is 10.6 Å². The Morgan fingerprint density at radius 2 is 1.95 bits per heavy atom. The predicted molar refractivity (Wildman–Crippen MR) is 84.4 cm³/mol. The number of carbonyl (C=O) groups excluding carboxylic acids is 1. The van der Waals surface area contributed by atoms with Crippen molar-refractivity contribution in [3.63, 3.8) is 0 Å². The lowest BCUT2D eigenvalue weighted by Gasteiger charge is -2.18. The first kappa shape index (κ1) is 15.8. The van der Waals surface area contributed by atoms with Gasteiger partial charge in [-0.2, -0.15) is 0 Å². The maximum Gasteiger partial charge on any atom is 0.234 e. The van der Waals surface area contributed by atoms with Crippen molar-refractivity contribution in [3.8, 4) is 5.75 Å². The fraction of sp³-hybridized carbons (Fsp3) is 0.588. The average Bonchev–Trinajstić information content (AvgIpc) is 2.99. The summed E-state index contributed by atoms with van der Waals surface area (Å²) in [7, 11) is 1.77. The number of carbonyl (C=O) groups is 1. The molecule has 2 N–H and O–H groups in total. The highest BCUT2D eigenvalue weighted by Crippen LogP contribution is 2.25. The van der Waals surface area contributed by atoms with E-state index in [0.717, 1.165) is 17.7 Å². The van der Waals surface area contributed by atoms with Gasteiger partial charge < -0.3 is 15.4 Å². The molecule has 0 saturated heterocycles. The van der Waals surface area contributed by atoms with Crippen molar-refractivity contribution >= 4 is 5.91 Å². The van der Waals surface area contributed by atoms with Crippen LogP contribution >= 0.6 is 0 Å². The van der Waals surface area contributed by atoms with Crippen LogP contribution in [0.15, 0.2) is 24.3 Å². The van der Waals surface area contributed by atoms with Crippen LogP contribution in [0.4, 0.5) is 0 Å². The topological polar surface area (TPSA) is 50.4 Å². The standard InChI is InChI=1S/C17H26N2O2/c1-3-16(19-17(20)12-18-2)13-8-10-15(11-9-13)21-14-6-4-5-7-14/h8-11,14,16,18H,3-7,12H2,1-2H3,(H,19,20). The van der Waals surface area contributed by atoms with Gasteiger partial charge >= 0.3 is 0 Å². The molecule has 1 amide bonds. The molecular formula is C17H26N2O2. The molecule has 1 aliphatic carbocycles. The van der Waals surface area contributed by atoms with Gasteiger partial charge in [-0.05, 0) is 56.8 Å². The smallest absolute Gasteiger partial charge is 0.234 e. The third kappa shape index (κ3) is 4.74. The first-order valence-corrected chi connectivity index (χ1v) is 7.93. The van der Waals surface area contributed by atoms with Crippen molar-refractivity contribution in [1.29, 1.82) is 0 Å². The maximum absolute atomic E-state index is 11.7. The zero-order chi connectivity index (χ0) is 15.1. The summed E-state index contributed by atoms with van der Waals surface area (Å²) in [5.74, 6) is 0.956. The van der Waals surface area contributed by atoms with Gasteiger partial charge in [0.25, 0.3) is 0 Å². The maximum atomic E-state index is 11.7. The Labute approximate surface area is 127 Å². The number of nitrogens with one attached hydrogen (secondary N) is 2. The molecule has 0 bridgehead atoms. The van der Waals surface area contributed by atoms with Crippen LogP contribution in [0.2, 0.25) is 0 Å². The zero-order valence-corrected chi connectivity index (χ0v) is 13.0. The molecule has 0 aliphatic heterocycles. The van der Waals surface area contributed by atoms with E-state index in [-0.39, 0.29) is 11.9 Å². The Kier molecular flexibility index (Phi) is 6.05. The summed E-state index contributed by atoms with van der Waals surface area (Å²) in [4.78, 5) is 11.7. The van der Waals surface area contributed by atoms with E-state index in [0.29, 0.717) is 12.6 Å². The number of benzene rings is 1. The quantitative estimate of drug-likeness (QED) is 0.812. The summed E-state index contributed by atoms with van der Waals surface area (Å²) in [5.41, 5.74) is 1.13. The van der Waals surface area contributed by atoms with E-state index in [4.69, 9.17) is 4.74 Å². The minimum Gasteiger partial charge on any atom is -0.490 e. The molecule has 0 aromatic heterocycles. The largest absolute Gasteiger partial charge is 0.490 e. The van der Waals surface area contributed by atoms with E-state index in [2.05, 4.69) is 29.7 Å². The van der Waals surface area contributed by atoms with Gasteiger partial charge in [0.05, 0.1) is 18.7 Å². The molecule has 116 valence electrons. The van der Waals surface area contributed by atoms with Crippen molar-refractivity contribution in [2.24, 2.45) is 0 Å². The molecule has 1 atom stereocenters. The molecule has 1 aromatic rings. The van der Waals surface area contributed by atoms with E-state index < -0.39 is 0 Å². The van der Waals surface area contributed by atoms with Crippen LogP contribution in [-0.2, 0) is 4.79 Å². The van der Waals surface area contributed by atoms with Crippen LogP contribution in [0.3, 0.4) is 0 Å². The Bertz CT molecular complexity index is 439. The molecule has 21 heavy (non-hydrogen) atoms. The van der Waals surface area contributed by atoms with Gasteiger partial charge in [0.15, 0.2) is 0 Å². The van der Waals surface area contributed by atoms with Gasteiger partial charge in [-0.15, -0.1) is 0 Å². The van der Waals surface area contributed by atoms with Crippen LogP contribution in [-0.4, -0.2) is 25.6 Å². The molecule has 1 unspecified atom stereocenters. The van der Waals surface area contributed by atoms with Crippen LogP contribution < -0.4 is 15.4 Å². The summed E-state index contributed by atoms with van der Waals surface area (Å²) in [6, 6.07) is 8.20. The number of amides is 1. The Morgan fingerprint density at radius 3 is 2.52 bits per heavy atom. The van der Waals surface area contributed by atoms with E-state index in [1.54, 1.807) is 7.05 Å². The second-order valence-electron chi connectivity index (χ2n) is 5.65. The summed E-state index contributed by atoms with van der Waals surface area (Å²) in [6.45, 7) is 2.42. The number of hydrogen-bond donors (Lipinski definition) is 2. The SMILES string of the molecule is CCC(NC(=O)CNC)c1ccc(OC2CCCC2)cc1. The highest BCUT2D eigenvalue weighted by molar-refractivity contribution is 5.78. The van der Waals surface area contributed by atoms with Gasteiger partial charge in [0.2, 0.25) is 5.91 Å². The highest BCUT2D eigenvalue weighted by Gasteiger charge is 2.17. The molecule has 1 aliphatic rings. The summed E-state index contributed by atoms with van der Waals surface area (Å²) in [6.07, 6.45) is 6.14. The molecule has 4 heteroatoms. The highest BCUT2D eigenvalue weighted by atomic mass is 16.5. The van der Waals surface area contributed by atoms with Gasteiger partial charge in [-0.1, -0.05) is 19.1 Å². The lowest BCUT2D eigenvalue weighted by molar-refractivity contribution is -0.120. The van der Waals surface area contributed by atoms with E-state index >= 15 is 0 Å². The number of likely N-dealkylation sites (N-methyl/N-ethyl adjacent to an activating group) is 1. The summed E-state index contributed by atoms with van der Waals surface area (Å²) in [5, 5.41) is 5.90. The Morgan fingerprint density at radius 1 is 1.29 bits per heavy atom. The Hall–Kier alpha value is -1.55. The molecule has 1 fully saturated rings. The van der Waals surface area contributed by atoms with Crippen molar-refractivity contribution in [3.05, 3.63) is 29.8 Å². The Balaban J connectivity index is 1.93. The third-order valence-corrected chi connectivity index (χ3v) is 3.97. The number of hydrogen-bond acceptors (Lipinski definition) is 3. The molecule has 0 radical (unpaired) electrons. The van der Waals surface area contributed by atoms with E-state index in [1.807, 2.05) is 12.1 Å². The van der Waals surface area contributed by atoms with Crippen molar-refractivity contribution in [2.75, 3.05) is 13.6 Å². The van der Waals surface area contributed by atoms with Crippen LogP contribution in [0.1, 0.15) is 50.6 Å². The van der Waals surface area contributed by atoms with Gasteiger partial charge in [0, 0.05) is 0 Å². The fourth-order valence-electron chi connectivity index (χ4n) is 2.80. The predicted octanol–water partition coefficient (Wildman–Crippen LogP) is 2.79. The summed E-state index contributed by atoms with van der Waals surface area (Å²) >= 11 is 0. The molecule has 1 saturated carbocycles. The van der Waals surface area contributed by atoms with Gasteiger partial charge in [-0.3, -0.25) is 4.79 Å².